The van der Waals surface area contributed by atoms with Gasteiger partial charge in [0, 0.05) is 0 Å². The fraction of sp³-hybridized carbons (Fsp3) is 0.500. The van der Waals surface area contributed by atoms with Gasteiger partial charge in [-0.25, -0.2) is 8.42 Å². The highest BCUT2D eigenvalue weighted by Gasteiger charge is 2.23. The van der Waals surface area contributed by atoms with Crippen LogP contribution in [0.4, 0.5) is 0 Å². The summed E-state index contributed by atoms with van der Waals surface area (Å²) in [6.07, 6.45) is 3.06. The Morgan fingerprint density at radius 3 is 2.89 bits per heavy atom. The molecule has 0 N–H and O–H groups in total. The van der Waals surface area contributed by atoms with Gasteiger partial charge in [0.1, 0.15) is 0 Å². The molecule has 0 bridgehead atoms. The zero-order valence-electron chi connectivity index (χ0n) is 10.5. The largest absolute Gasteiger partial charge is 0.224 e. The molecule has 4 heteroatoms. The molecule has 1 aromatic rings. The normalized spacial score (nSPS) is 18.7. The monoisotopic (exact) mass is 263 g/mol. The summed E-state index contributed by atoms with van der Waals surface area (Å²) in [7, 11) is -3.06. The highest BCUT2D eigenvalue weighted by molar-refractivity contribution is 7.91. The van der Waals surface area contributed by atoms with E-state index in [1.54, 1.807) is 6.07 Å². The van der Waals surface area contributed by atoms with Crippen LogP contribution in [-0.4, -0.2) is 14.2 Å². The fourth-order valence-electron chi connectivity index (χ4n) is 2.39. The number of nitrogens with zero attached hydrogens (tertiary/aromatic N) is 1. The van der Waals surface area contributed by atoms with Gasteiger partial charge >= 0.3 is 0 Å². The summed E-state index contributed by atoms with van der Waals surface area (Å²) in [6.45, 7) is 2.00. The topological polar surface area (TPSA) is 57.9 Å². The first-order chi connectivity index (χ1) is 8.56. The van der Waals surface area contributed by atoms with Crippen LogP contribution < -0.4 is 0 Å². The average Bonchev–Trinajstić information content (AvgIpc) is 2.35. The highest BCUT2D eigenvalue weighted by Crippen LogP contribution is 2.26. The third kappa shape index (κ3) is 2.56. The minimum atomic E-state index is -3.06. The molecule has 0 radical (unpaired) electrons. The lowest BCUT2D eigenvalue weighted by Crippen LogP contribution is -2.16. The predicted octanol–water partition coefficient (Wildman–Crippen LogP) is 2.50. The summed E-state index contributed by atoms with van der Waals surface area (Å²) < 4.78 is 23.7. The van der Waals surface area contributed by atoms with Crippen LogP contribution in [0.15, 0.2) is 23.1 Å². The molecule has 18 heavy (non-hydrogen) atoms. The molecule has 0 saturated heterocycles. The molecule has 1 atom stereocenters. The molecule has 0 aromatic heterocycles. The van der Waals surface area contributed by atoms with Crippen molar-refractivity contribution in [3.8, 4) is 6.07 Å². The molecular weight excluding hydrogens is 246 g/mol. The van der Waals surface area contributed by atoms with Crippen molar-refractivity contribution < 1.29 is 8.42 Å². The first-order valence-electron chi connectivity index (χ1n) is 6.31. The first-order valence-corrected chi connectivity index (χ1v) is 7.96. The second kappa shape index (κ2) is 5.11. The number of aryl methyl sites for hydroxylation is 1. The van der Waals surface area contributed by atoms with E-state index in [1.165, 1.54) is 0 Å². The van der Waals surface area contributed by atoms with Gasteiger partial charge in [0.25, 0.3) is 0 Å². The molecule has 0 saturated carbocycles. The van der Waals surface area contributed by atoms with Crippen LogP contribution in [0.2, 0.25) is 0 Å². The standard InChI is InChI=1S/C14H17NO2S/c1-2-11(10-15)8-12-5-6-14-13(9-12)4-3-7-18(14,16)17/h5-6,9,11H,2-4,7-8H2,1H3. The van der Waals surface area contributed by atoms with E-state index >= 15 is 0 Å². The van der Waals surface area contributed by atoms with Crippen molar-refractivity contribution in [3.63, 3.8) is 0 Å². The van der Waals surface area contributed by atoms with E-state index in [-0.39, 0.29) is 11.7 Å². The van der Waals surface area contributed by atoms with Gasteiger partial charge in [-0.2, -0.15) is 5.26 Å². The Morgan fingerprint density at radius 1 is 1.44 bits per heavy atom. The van der Waals surface area contributed by atoms with Crippen molar-refractivity contribution >= 4 is 9.84 Å². The molecular formula is C14H17NO2S. The molecule has 0 spiro atoms. The molecule has 1 aliphatic rings. The second-order valence-electron chi connectivity index (χ2n) is 4.80. The maximum absolute atomic E-state index is 11.9. The molecule has 0 amide bonds. The lowest BCUT2D eigenvalue weighted by atomic mass is 9.96. The molecule has 1 heterocycles. The minimum absolute atomic E-state index is 0.0169. The Balaban J connectivity index is 2.31. The molecule has 3 nitrogen and oxygen atoms in total. The first kappa shape index (κ1) is 13.1. The second-order valence-corrected chi connectivity index (χ2v) is 6.88. The maximum atomic E-state index is 11.9. The summed E-state index contributed by atoms with van der Waals surface area (Å²) in [5.74, 6) is 0.276. The molecule has 1 aromatic carbocycles. The zero-order chi connectivity index (χ0) is 13.2. The molecule has 0 fully saturated rings. The van der Waals surface area contributed by atoms with E-state index in [9.17, 15) is 8.42 Å². The van der Waals surface area contributed by atoms with Crippen molar-refractivity contribution in [2.24, 2.45) is 5.92 Å². The van der Waals surface area contributed by atoms with Gasteiger partial charge in [-0.15, -0.1) is 0 Å². The van der Waals surface area contributed by atoms with Crippen LogP contribution in [-0.2, 0) is 22.7 Å². The Bertz CT molecular complexity index is 584. The Hall–Kier alpha value is -1.34. The summed E-state index contributed by atoms with van der Waals surface area (Å²) in [6, 6.07) is 7.80. The molecule has 1 aliphatic heterocycles. The van der Waals surface area contributed by atoms with Gasteiger partial charge < -0.3 is 0 Å². The van der Waals surface area contributed by atoms with Crippen molar-refractivity contribution in [2.45, 2.75) is 37.5 Å². The third-order valence-corrected chi connectivity index (χ3v) is 5.37. The fourth-order valence-corrected chi connectivity index (χ4v) is 3.97. The van der Waals surface area contributed by atoms with E-state index in [0.717, 1.165) is 24.0 Å². The summed E-state index contributed by atoms with van der Waals surface area (Å²) in [5, 5.41) is 8.96. The van der Waals surface area contributed by atoms with Crippen LogP contribution in [0.3, 0.4) is 0 Å². The van der Waals surface area contributed by atoms with Gasteiger partial charge in [0.2, 0.25) is 0 Å². The number of sulfone groups is 1. The molecule has 0 aliphatic carbocycles. The number of nitriles is 1. The third-order valence-electron chi connectivity index (χ3n) is 3.48. The quantitative estimate of drug-likeness (QED) is 0.842. The van der Waals surface area contributed by atoms with Crippen LogP contribution >= 0.6 is 0 Å². The molecule has 96 valence electrons. The maximum Gasteiger partial charge on any atom is 0.178 e. The van der Waals surface area contributed by atoms with Crippen molar-refractivity contribution in [1.29, 1.82) is 5.26 Å². The number of hydrogen-bond acceptors (Lipinski definition) is 3. The van der Waals surface area contributed by atoms with E-state index < -0.39 is 9.84 Å². The SMILES string of the molecule is CCC(C#N)Cc1ccc2c(c1)CCCS2(=O)=O. The van der Waals surface area contributed by atoms with E-state index in [2.05, 4.69) is 6.07 Å². The van der Waals surface area contributed by atoms with Crippen molar-refractivity contribution in [1.82, 2.24) is 0 Å². The van der Waals surface area contributed by atoms with Gasteiger partial charge in [-0.05, 0) is 42.9 Å². The lowest BCUT2D eigenvalue weighted by Gasteiger charge is -2.17. The Kier molecular flexibility index (Phi) is 3.72. The minimum Gasteiger partial charge on any atom is -0.224 e. The zero-order valence-corrected chi connectivity index (χ0v) is 11.3. The van der Waals surface area contributed by atoms with Crippen LogP contribution in [0.1, 0.15) is 30.9 Å². The van der Waals surface area contributed by atoms with Crippen molar-refractivity contribution in [2.75, 3.05) is 5.75 Å². The number of hydrogen-bond donors (Lipinski definition) is 0. The predicted molar refractivity (Wildman–Crippen MR) is 69.9 cm³/mol. The summed E-state index contributed by atoms with van der Waals surface area (Å²) >= 11 is 0. The van der Waals surface area contributed by atoms with Gasteiger partial charge in [-0.3, -0.25) is 0 Å². The molecule has 1 unspecified atom stereocenters. The van der Waals surface area contributed by atoms with Crippen LogP contribution in [0, 0.1) is 17.2 Å². The molecule has 2 rings (SSSR count). The number of fused-ring (bicyclic) bond motifs is 1. The summed E-state index contributed by atoms with van der Waals surface area (Å²) in [4.78, 5) is 0.488. The summed E-state index contributed by atoms with van der Waals surface area (Å²) in [5.41, 5.74) is 1.99. The average molecular weight is 263 g/mol. The van der Waals surface area contributed by atoms with Crippen LogP contribution in [0.5, 0.6) is 0 Å². The van der Waals surface area contributed by atoms with Crippen LogP contribution in [0.25, 0.3) is 0 Å². The number of rotatable bonds is 3. The smallest absolute Gasteiger partial charge is 0.178 e. The van der Waals surface area contributed by atoms with Crippen molar-refractivity contribution in [3.05, 3.63) is 29.3 Å². The van der Waals surface area contributed by atoms with E-state index in [0.29, 0.717) is 17.7 Å². The van der Waals surface area contributed by atoms with Gasteiger partial charge in [0.15, 0.2) is 9.84 Å². The Labute approximate surface area is 108 Å². The Morgan fingerprint density at radius 2 is 2.22 bits per heavy atom. The van der Waals surface area contributed by atoms with Gasteiger partial charge in [0.05, 0.1) is 22.6 Å². The highest BCUT2D eigenvalue weighted by atomic mass is 32.2. The van der Waals surface area contributed by atoms with Gasteiger partial charge in [-0.1, -0.05) is 19.1 Å². The van der Waals surface area contributed by atoms with E-state index in [1.807, 2.05) is 19.1 Å². The lowest BCUT2D eigenvalue weighted by molar-refractivity contribution is 0.586. The van der Waals surface area contributed by atoms with E-state index in [4.69, 9.17) is 5.26 Å². The number of benzene rings is 1.